The van der Waals surface area contributed by atoms with Gasteiger partial charge in [-0.1, -0.05) is 20.8 Å². The lowest BCUT2D eigenvalue weighted by atomic mass is 10.1. The van der Waals surface area contributed by atoms with Crippen LogP contribution in [0.4, 0.5) is 0 Å². The molecule has 88 valence electrons. The van der Waals surface area contributed by atoms with E-state index in [4.69, 9.17) is 0 Å². The Morgan fingerprint density at radius 1 is 1.50 bits per heavy atom. The largest absolute Gasteiger partial charge is 0.345 e. The summed E-state index contributed by atoms with van der Waals surface area (Å²) in [7, 11) is 0. The molecule has 1 N–H and O–H groups in total. The van der Waals surface area contributed by atoms with Gasteiger partial charge in [-0.2, -0.15) is 4.98 Å². The van der Waals surface area contributed by atoms with Gasteiger partial charge in [-0.3, -0.25) is 4.79 Å². The molecule has 0 unspecified atom stereocenters. The van der Waals surface area contributed by atoms with Crippen LogP contribution in [0.3, 0.4) is 0 Å². The first kappa shape index (κ1) is 12.6. The average Bonchev–Trinajstić information content (AvgIpc) is 2.15. The van der Waals surface area contributed by atoms with Crippen molar-refractivity contribution in [2.45, 2.75) is 40.0 Å². The predicted octanol–water partition coefficient (Wildman–Crippen LogP) is 1.95. The van der Waals surface area contributed by atoms with Crippen molar-refractivity contribution in [2.24, 2.45) is 5.92 Å². The van der Waals surface area contributed by atoms with E-state index in [1.165, 1.54) is 0 Å². The van der Waals surface area contributed by atoms with Crippen LogP contribution >= 0.6 is 0 Å². The monoisotopic (exact) mass is 222 g/mol. The van der Waals surface area contributed by atoms with Gasteiger partial charge in [0.1, 0.15) is 5.69 Å². The maximum atomic E-state index is 11.6. The van der Waals surface area contributed by atoms with E-state index in [-0.39, 0.29) is 5.78 Å². The lowest BCUT2D eigenvalue weighted by Gasteiger charge is -2.05. The van der Waals surface area contributed by atoms with E-state index in [0.717, 1.165) is 18.5 Å². The number of nitrogens with one attached hydrogen (secondary N) is 1. The van der Waals surface area contributed by atoms with E-state index in [1.807, 2.05) is 6.92 Å². The Morgan fingerprint density at radius 2 is 2.19 bits per heavy atom. The Balaban J connectivity index is 2.98. The molecular formula is C12H18N2O2. The third-order valence-corrected chi connectivity index (χ3v) is 2.19. The molecule has 4 nitrogen and oxygen atoms in total. The molecule has 0 fully saturated rings. The molecule has 1 aromatic rings. The normalized spacial score (nSPS) is 10.8. The second kappa shape index (κ2) is 5.58. The molecule has 0 aliphatic carbocycles. The van der Waals surface area contributed by atoms with Crippen molar-refractivity contribution in [1.29, 1.82) is 0 Å². The van der Waals surface area contributed by atoms with E-state index >= 15 is 0 Å². The topological polar surface area (TPSA) is 62.8 Å². The first-order valence-electron chi connectivity index (χ1n) is 5.66. The summed E-state index contributed by atoms with van der Waals surface area (Å²) in [5, 5.41) is 0. The Bertz CT molecular complexity index is 421. The van der Waals surface area contributed by atoms with Crippen LogP contribution in [0.2, 0.25) is 0 Å². The molecular weight excluding hydrogens is 204 g/mol. The van der Waals surface area contributed by atoms with Gasteiger partial charge in [0.25, 0.3) is 0 Å². The van der Waals surface area contributed by atoms with Crippen LogP contribution in [-0.4, -0.2) is 15.8 Å². The van der Waals surface area contributed by atoms with Crippen LogP contribution in [0.25, 0.3) is 0 Å². The third-order valence-electron chi connectivity index (χ3n) is 2.19. The van der Waals surface area contributed by atoms with Gasteiger partial charge in [0, 0.05) is 12.1 Å². The lowest BCUT2D eigenvalue weighted by Crippen LogP contribution is -2.18. The number of rotatable bonds is 5. The van der Waals surface area contributed by atoms with Crippen LogP contribution in [0, 0.1) is 5.92 Å². The van der Waals surface area contributed by atoms with Crippen LogP contribution in [0.15, 0.2) is 10.9 Å². The van der Waals surface area contributed by atoms with Gasteiger partial charge in [0.05, 0.1) is 0 Å². The van der Waals surface area contributed by atoms with Crippen molar-refractivity contribution in [3.05, 3.63) is 27.9 Å². The second-order valence-corrected chi connectivity index (χ2v) is 4.37. The summed E-state index contributed by atoms with van der Waals surface area (Å²) in [6.07, 6.45) is 1.97. The molecule has 0 radical (unpaired) electrons. The first-order chi connectivity index (χ1) is 7.52. The highest BCUT2D eigenvalue weighted by atomic mass is 16.1. The summed E-state index contributed by atoms with van der Waals surface area (Å²) < 4.78 is 0. The van der Waals surface area contributed by atoms with Gasteiger partial charge in [-0.05, 0) is 24.8 Å². The molecule has 4 heteroatoms. The first-order valence-corrected chi connectivity index (χ1v) is 5.66. The number of carbonyl (C=O) groups excluding carboxylic acids is 1. The van der Waals surface area contributed by atoms with Gasteiger partial charge < -0.3 is 4.98 Å². The molecule has 0 saturated heterocycles. The Kier molecular flexibility index (Phi) is 4.40. The summed E-state index contributed by atoms with van der Waals surface area (Å²) >= 11 is 0. The van der Waals surface area contributed by atoms with Crippen molar-refractivity contribution in [3.8, 4) is 0 Å². The fraction of sp³-hybridized carbons (Fsp3) is 0.583. The highest BCUT2D eigenvalue weighted by molar-refractivity contribution is 5.94. The SMILES string of the molecule is CCCC(=O)c1cc(CC(C)C)[nH]c(=O)n1. The van der Waals surface area contributed by atoms with E-state index < -0.39 is 5.69 Å². The number of H-pyrrole nitrogens is 1. The van der Waals surface area contributed by atoms with E-state index in [9.17, 15) is 9.59 Å². The molecule has 16 heavy (non-hydrogen) atoms. The number of ketones is 1. The molecule has 0 atom stereocenters. The quantitative estimate of drug-likeness (QED) is 0.774. The zero-order valence-electron chi connectivity index (χ0n) is 10.0. The van der Waals surface area contributed by atoms with Crippen LogP contribution in [0.5, 0.6) is 0 Å². The molecule has 0 aromatic carbocycles. The maximum Gasteiger partial charge on any atom is 0.345 e. The van der Waals surface area contributed by atoms with E-state index in [0.29, 0.717) is 18.0 Å². The van der Waals surface area contributed by atoms with Crippen molar-refractivity contribution < 1.29 is 4.79 Å². The molecule has 1 heterocycles. The molecule has 0 spiro atoms. The summed E-state index contributed by atoms with van der Waals surface area (Å²) in [5.41, 5.74) is 0.647. The summed E-state index contributed by atoms with van der Waals surface area (Å²) in [4.78, 5) is 29.3. The van der Waals surface area contributed by atoms with Gasteiger partial charge in [-0.25, -0.2) is 4.79 Å². The lowest BCUT2D eigenvalue weighted by molar-refractivity contribution is 0.0976. The number of Topliss-reactive ketones (excluding diaryl/α,β-unsaturated/α-hetero) is 1. The van der Waals surface area contributed by atoms with E-state index in [2.05, 4.69) is 23.8 Å². The zero-order chi connectivity index (χ0) is 12.1. The fourth-order valence-electron chi connectivity index (χ4n) is 1.56. The summed E-state index contributed by atoms with van der Waals surface area (Å²) in [6.45, 7) is 6.05. The smallest absolute Gasteiger partial charge is 0.310 e. The number of hydrogen-bond acceptors (Lipinski definition) is 3. The fourth-order valence-corrected chi connectivity index (χ4v) is 1.56. The van der Waals surface area contributed by atoms with Crippen molar-refractivity contribution >= 4 is 5.78 Å². The number of aromatic nitrogens is 2. The highest BCUT2D eigenvalue weighted by Gasteiger charge is 2.09. The Labute approximate surface area is 95.1 Å². The van der Waals surface area contributed by atoms with Crippen LogP contribution < -0.4 is 5.69 Å². The van der Waals surface area contributed by atoms with Crippen LogP contribution in [-0.2, 0) is 6.42 Å². The average molecular weight is 222 g/mol. The molecule has 0 bridgehead atoms. The van der Waals surface area contributed by atoms with Crippen molar-refractivity contribution in [2.75, 3.05) is 0 Å². The number of hydrogen-bond donors (Lipinski definition) is 1. The van der Waals surface area contributed by atoms with Crippen LogP contribution in [0.1, 0.15) is 49.8 Å². The maximum absolute atomic E-state index is 11.6. The summed E-state index contributed by atoms with van der Waals surface area (Å²) in [5.74, 6) is 0.380. The van der Waals surface area contributed by atoms with E-state index in [1.54, 1.807) is 6.07 Å². The number of nitrogens with zero attached hydrogens (tertiary/aromatic N) is 1. The number of carbonyl (C=O) groups is 1. The second-order valence-electron chi connectivity index (χ2n) is 4.37. The number of aromatic amines is 1. The standard InChI is InChI=1S/C12H18N2O2/c1-4-5-11(15)10-7-9(6-8(2)3)13-12(16)14-10/h7-8H,4-6H2,1-3H3,(H,13,14,16). The Hall–Kier alpha value is -1.45. The van der Waals surface area contributed by atoms with Gasteiger partial charge in [0.2, 0.25) is 0 Å². The Morgan fingerprint density at radius 3 is 2.75 bits per heavy atom. The predicted molar refractivity (Wildman–Crippen MR) is 62.6 cm³/mol. The molecule has 0 aliphatic rings. The van der Waals surface area contributed by atoms with Gasteiger partial charge in [0.15, 0.2) is 5.78 Å². The molecule has 0 saturated carbocycles. The van der Waals surface area contributed by atoms with Gasteiger partial charge in [-0.15, -0.1) is 0 Å². The minimum Gasteiger partial charge on any atom is -0.310 e. The zero-order valence-corrected chi connectivity index (χ0v) is 10.0. The third kappa shape index (κ3) is 3.61. The molecule has 0 amide bonds. The molecule has 1 rings (SSSR count). The molecule has 0 aliphatic heterocycles. The summed E-state index contributed by atoms with van der Waals surface area (Å²) in [6, 6.07) is 1.69. The van der Waals surface area contributed by atoms with Gasteiger partial charge >= 0.3 is 5.69 Å². The van der Waals surface area contributed by atoms with Crippen molar-refractivity contribution in [3.63, 3.8) is 0 Å². The minimum atomic E-state index is -0.433. The van der Waals surface area contributed by atoms with Crippen molar-refractivity contribution in [1.82, 2.24) is 9.97 Å². The molecule has 1 aromatic heterocycles. The minimum absolute atomic E-state index is 0.0568. The highest BCUT2D eigenvalue weighted by Crippen LogP contribution is 2.06.